The van der Waals surface area contributed by atoms with Crippen LogP contribution in [0.15, 0.2) is 30.3 Å². The van der Waals surface area contributed by atoms with Crippen LogP contribution in [0.5, 0.6) is 0 Å². The quantitative estimate of drug-likeness (QED) is 0.0312. The SMILES string of the molecule is CC[C@H](NC(=O)[C@H](CC(=O)O)NC(=O)[C@H](CC(=O)O)NC(=O)[C@H](COP(=O)(O)O)NC(=O)[C@H](CC(=O)O)NC(=O)[C@H](CC(C)C)NC(=O)[C@H](C)NC(=O)[C@H](C)N)C(=O)N[C@@H](Cc1ccccc1)C(=O)O. The molecular weight excluding hydrogens is 957 g/mol. The zero-order valence-electron chi connectivity index (χ0n) is 38.5. The van der Waals surface area contributed by atoms with Gasteiger partial charge in [-0.3, -0.25) is 57.3 Å². The minimum Gasteiger partial charge on any atom is -0.481 e. The van der Waals surface area contributed by atoms with E-state index >= 15 is 0 Å². The van der Waals surface area contributed by atoms with Gasteiger partial charge in [-0.15, -0.1) is 0 Å². The second-order valence-electron chi connectivity index (χ2n) is 16.1. The third-order valence-corrected chi connectivity index (χ3v) is 10.0. The van der Waals surface area contributed by atoms with Crippen molar-refractivity contribution in [3.8, 4) is 0 Å². The summed E-state index contributed by atoms with van der Waals surface area (Å²) in [5, 5.41) is 55.3. The number of benzene rings is 1. The van der Waals surface area contributed by atoms with Crippen LogP contribution in [0.1, 0.15) is 72.3 Å². The van der Waals surface area contributed by atoms with Gasteiger partial charge < -0.3 is 78.5 Å². The average molecular weight is 1020 g/mol. The molecule has 0 aliphatic rings. The monoisotopic (exact) mass is 1020 g/mol. The molecule has 0 bridgehead atoms. The number of carbonyl (C=O) groups is 12. The zero-order valence-corrected chi connectivity index (χ0v) is 39.4. The molecule has 390 valence electrons. The summed E-state index contributed by atoms with van der Waals surface area (Å²) < 4.78 is 16.0. The third-order valence-electron chi connectivity index (χ3n) is 9.52. The van der Waals surface area contributed by atoms with Crippen molar-refractivity contribution in [2.45, 2.75) is 128 Å². The Kier molecular flexibility index (Phi) is 25.3. The molecule has 0 aliphatic heterocycles. The summed E-state index contributed by atoms with van der Waals surface area (Å²) in [6.45, 7) is 5.80. The number of aliphatic carboxylic acids is 4. The van der Waals surface area contributed by atoms with Gasteiger partial charge in [0.1, 0.15) is 48.3 Å². The van der Waals surface area contributed by atoms with Crippen molar-refractivity contribution < 1.29 is 96.8 Å². The number of phosphoric ester groups is 1. The maximum atomic E-state index is 13.6. The summed E-state index contributed by atoms with van der Waals surface area (Å²) in [6.07, 6.45) is -4.27. The van der Waals surface area contributed by atoms with Gasteiger partial charge in [-0.1, -0.05) is 51.1 Å². The van der Waals surface area contributed by atoms with Crippen molar-refractivity contribution in [1.82, 2.24) is 42.5 Å². The highest BCUT2D eigenvalue weighted by atomic mass is 31.2. The molecule has 1 aromatic rings. The van der Waals surface area contributed by atoms with E-state index in [4.69, 9.17) is 5.73 Å². The summed E-state index contributed by atoms with van der Waals surface area (Å²) in [7, 11) is -5.50. The fourth-order valence-electron chi connectivity index (χ4n) is 5.95. The topological polar surface area (TPSA) is 475 Å². The van der Waals surface area contributed by atoms with Gasteiger partial charge in [0.2, 0.25) is 47.3 Å². The fraction of sp³-hybridized carbons (Fsp3) is 0.550. The van der Waals surface area contributed by atoms with Gasteiger partial charge in [-0.05, 0) is 38.2 Å². The Morgan fingerprint density at radius 1 is 0.529 bits per heavy atom. The van der Waals surface area contributed by atoms with Gasteiger partial charge in [-0.2, -0.15) is 0 Å². The Morgan fingerprint density at radius 3 is 1.29 bits per heavy atom. The predicted octanol–water partition coefficient (Wildman–Crippen LogP) is -4.45. The molecule has 16 N–H and O–H groups in total. The molecule has 0 radical (unpaired) electrons. The second-order valence-corrected chi connectivity index (χ2v) is 17.3. The molecule has 1 rings (SSSR count). The Balaban J connectivity index is 3.43. The molecule has 0 spiro atoms. The molecule has 0 fully saturated rings. The smallest absolute Gasteiger partial charge is 0.469 e. The average Bonchev–Trinajstić information content (AvgIpc) is 3.24. The maximum Gasteiger partial charge on any atom is 0.469 e. The zero-order chi connectivity index (χ0) is 53.6. The number of hydrogen-bond donors (Lipinski definition) is 15. The lowest BCUT2D eigenvalue weighted by molar-refractivity contribution is -0.144. The van der Waals surface area contributed by atoms with Crippen molar-refractivity contribution in [3.63, 3.8) is 0 Å². The first-order chi connectivity index (χ1) is 32.4. The lowest BCUT2D eigenvalue weighted by Crippen LogP contribution is -2.61. The molecule has 1 aromatic carbocycles. The number of carbonyl (C=O) groups excluding carboxylic acids is 8. The van der Waals surface area contributed by atoms with Crippen LogP contribution in [-0.4, -0.2) is 162 Å². The van der Waals surface area contributed by atoms with Gasteiger partial charge in [-0.25, -0.2) is 9.36 Å². The minimum atomic E-state index is -5.50. The van der Waals surface area contributed by atoms with E-state index in [0.717, 1.165) is 0 Å². The molecule has 0 unspecified atom stereocenters. The Labute approximate surface area is 399 Å². The summed E-state index contributed by atoms with van der Waals surface area (Å²) in [5.74, 6) is -16.9. The molecule has 30 heteroatoms. The Morgan fingerprint density at radius 2 is 0.900 bits per heavy atom. The van der Waals surface area contributed by atoms with E-state index in [9.17, 15) is 92.3 Å². The highest BCUT2D eigenvalue weighted by Crippen LogP contribution is 2.35. The van der Waals surface area contributed by atoms with Gasteiger partial charge >= 0.3 is 31.7 Å². The van der Waals surface area contributed by atoms with E-state index in [1.54, 1.807) is 44.2 Å². The fourth-order valence-corrected chi connectivity index (χ4v) is 6.30. The summed E-state index contributed by atoms with van der Waals surface area (Å²) in [4.78, 5) is 172. The number of amides is 8. The van der Waals surface area contributed by atoms with Crippen molar-refractivity contribution in [2.75, 3.05) is 6.61 Å². The van der Waals surface area contributed by atoms with Crippen LogP contribution in [-0.2, 0) is 73.0 Å². The molecular formula is C40H60N9O20P. The lowest BCUT2D eigenvalue weighted by atomic mass is 10.0. The van der Waals surface area contributed by atoms with Crippen LogP contribution >= 0.6 is 7.82 Å². The number of nitrogens with two attached hydrogens (primary N) is 1. The molecule has 0 aromatic heterocycles. The molecule has 29 nitrogen and oxygen atoms in total. The number of nitrogens with one attached hydrogen (secondary N) is 8. The van der Waals surface area contributed by atoms with Crippen molar-refractivity contribution in [3.05, 3.63) is 35.9 Å². The maximum absolute atomic E-state index is 13.6. The van der Waals surface area contributed by atoms with Crippen molar-refractivity contribution in [2.24, 2.45) is 11.7 Å². The molecule has 9 atom stereocenters. The van der Waals surface area contributed by atoms with E-state index in [1.165, 1.54) is 20.8 Å². The highest BCUT2D eigenvalue weighted by Gasteiger charge is 2.37. The van der Waals surface area contributed by atoms with Gasteiger partial charge in [0.25, 0.3) is 0 Å². The van der Waals surface area contributed by atoms with Gasteiger partial charge in [0, 0.05) is 6.42 Å². The Bertz CT molecular complexity index is 2120. The first-order valence-electron chi connectivity index (χ1n) is 21.2. The molecule has 0 heterocycles. The van der Waals surface area contributed by atoms with Crippen molar-refractivity contribution >= 4 is 79.0 Å². The van der Waals surface area contributed by atoms with Gasteiger partial charge in [0.15, 0.2) is 0 Å². The van der Waals surface area contributed by atoms with E-state index in [0.29, 0.717) is 5.56 Å². The molecule has 8 amide bonds. The van der Waals surface area contributed by atoms with E-state index in [2.05, 4.69) is 31.1 Å². The van der Waals surface area contributed by atoms with E-state index < -0.39 is 159 Å². The largest absolute Gasteiger partial charge is 0.481 e. The number of rotatable bonds is 31. The van der Waals surface area contributed by atoms with Crippen LogP contribution in [0.3, 0.4) is 0 Å². The van der Waals surface area contributed by atoms with E-state index in [1.807, 2.05) is 16.0 Å². The number of phosphoric acid groups is 1. The molecule has 0 saturated heterocycles. The van der Waals surface area contributed by atoms with E-state index in [-0.39, 0.29) is 25.2 Å². The van der Waals surface area contributed by atoms with Crippen LogP contribution in [0, 0.1) is 5.92 Å². The van der Waals surface area contributed by atoms with Crippen LogP contribution in [0.4, 0.5) is 0 Å². The number of carboxylic acid groups (broad SMARTS) is 4. The summed E-state index contributed by atoms with van der Waals surface area (Å²) in [5.41, 5.74) is 6.04. The summed E-state index contributed by atoms with van der Waals surface area (Å²) >= 11 is 0. The van der Waals surface area contributed by atoms with Crippen LogP contribution in [0.25, 0.3) is 0 Å². The van der Waals surface area contributed by atoms with Gasteiger partial charge in [0.05, 0.1) is 31.9 Å². The normalized spacial score (nSPS) is 15.0. The minimum absolute atomic E-state index is 0.118. The van der Waals surface area contributed by atoms with Crippen molar-refractivity contribution in [1.29, 1.82) is 0 Å². The van der Waals surface area contributed by atoms with Crippen LogP contribution < -0.4 is 48.3 Å². The predicted molar refractivity (Wildman–Crippen MR) is 237 cm³/mol. The standard InChI is InChI=1S/C40H60N9O20P/c1-6-22(34(58)48-27(40(64)65)13-21-10-8-7-9-11-21)43-36(60)24(14-29(50)51)46-37(61)25(15-30(52)53)47-39(63)28(17-69-70(66,67)68)49-38(62)26(16-31(54)55)45-35(59)23(12-18(2)3)44-33(57)20(5)42-32(56)19(4)41/h7-11,18-20,22-28H,6,12-17,41H2,1-5H3,(H,42,56)(H,43,60)(H,44,57)(H,45,59)(H,46,61)(H,47,63)(H,48,58)(H,49,62)(H,50,51)(H,52,53)(H,54,55)(H,64,65)(H2,66,67,68)/t19-,20-,22-,23-,24-,25-,26-,27-,28-/m0/s1. The third kappa shape index (κ3) is 23.3. The molecule has 70 heavy (non-hydrogen) atoms. The first kappa shape index (κ1) is 60.9. The molecule has 0 aliphatic carbocycles. The summed E-state index contributed by atoms with van der Waals surface area (Å²) in [6, 6.07) is -7.50. The Hall–Kier alpha value is -7.07. The first-order valence-corrected chi connectivity index (χ1v) is 22.8. The molecule has 0 saturated carbocycles. The second kappa shape index (κ2) is 29.1. The lowest BCUT2D eigenvalue weighted by Gasteiger charge is -2.27. The number of hydrogen-bond acceptors (Lipinski definition) is 15. The number of carboxylic acids is 4. The highest BCUT2D eigenvalue weighted by molar-refractivity contribution is 7.46. The van der Waals surface area contributed by atoms with Crippen LogP contribution in [0.2, 0.25) is 0 Å².